The maximum absolute atomic E-state index is 5.14. The second-order valence-corrected chi connectivity index (χ2v) is 3.39. The van der Waals surface area contributed by atoms with Gasteiger partial charge in [0.1, 0.15) is 17.9 Å². The molecule has 5 nitrogen and oxygen atoms in total. The monoisotopic (exact) mass is 218 g/mol. The third kappa shape index (κ3) is 2.31. The first-order valence-corrected chi connectivity index (χ1v) is 5.00. The van der Waals surface area contributed by atoms with Crippen LogP contribution in [-0.2, 0) is 13.6 Å². The van der Waals surface area contributed by atoms with Crippen molar-refractivity contribution in [1.82, 2.24) is 14.8 Å². The molecule has 5 heteroatoms. The van der Waals surface area contributed by atoms with Gasteiger partial charge in [-0.2, -0.15) is 5.10 Å². The van der Waals surface area contributed by atoms with Crippen LogP contribution in [0.15, 0.2) is 30.6 Å². The third-order valence-corrected chi connectivity index (χ3v) is 2.33. The van der Waals surface area contributed by atoms with Crippen molar-refractivity contribution in [1.29, 1.82) is 0 Å². The Morgan fingerprint density at radius 2 is 2.31 bits per heavy atom. The standard InChI is InChI=1S/C11H14N4O/c1-15-11(13-8-14-15)7-12-9-4-3-5-10(6-9)16-2/h3-6,8,12H,7H2,1-2H3. The van der Waals surface area contributed by atoms with Crippen LogP contribution in [0.2, 0.25) is 0 Å². The molecule has 1 N–H and O–H groups in total. The predicted molar refractivity (Wildman–Crippen MR) is 61.3 cm³/mol. The lowest BCUT2D eigenvalue weighted by molar-refractivity contribution is 0.415. The molecule has 0 saturated heterocycles. The summed E-state index contributed by atoms with van der Waals surface area (Å²) in [6.07, 6.45) is 1.54. The minimum atomic E-state index is 0.643. The second-order valence-electron chi connectivity index (χ2n) is 3.39. The number of anilines is 1. The van der Waals surface area contributed by atoms with Gasteiger partial charge in [-0.1, -0.05) is 6.07 Å². The summed E-state index contributed by atoms with van der Waals surface area (Å²) in [6.45, 7) is 0.643. The lowest BCUT2D eigenvalue weighted by atomic mass is 10.3. The molecule has 0 aliphatic rings. The molecule has 16 heavy (non-hydrogen) atoms. The van der Waals surface area contributed by atoms with Gasteiger partial charge < -0.3 is 10.1 Å². The van der Waals surface area contributed by atoms with Gasteiger partial charge in [0, 0.05) is 18.8 Å². The third-order valence-electron chi connectivity index (χ3n) is 2.33. The number of benzene rings is 1. The molecule has 0 amide bonds. The number of nitrogens with one attached hydrogen (secondary N) is 1. The molecule has 0 fully saturated rings. The fourth-order valence-electron chi connectivity index (χ4n) is 1.39. The van der Waals surface area contributed by atoms with Crippen LogP contribution in [0.1, 0.15) is 5.82 Å². The van der Waals surface area contributed by atoms with Crippen molar-refractivity contribution in [2.45, 2.75) is 6.54 Å². The maximum atomic E-state index is 5.14. The Balaban J connectivity index is 2.02. The first-order valence-electron chi connectivity index (χ1n) is 5.00. The molecule has 0 saturated carbocycles. The topological polar surface area (TPSA) is 52.0 Å². The molecule has 0 unspecified atom stereocenters. The van der Waals surface area contributed by atoms with E-state index in [-0.39, 0.29) is 0 Å². The number of aromatic nitrogens is 3. The van der Waals surface area contributed by atoms with E-state index in [4.69, 9.17) is 4.74 Å². The molecule has 1 aromatic carbocycles. The Morgan fingerprint density at radius 3 is 3.00 bits per heavy atom. The minimum absolute atomic E-state index is 0.643. The largest absolute Gasteiger partial charge is 0.497 e. The van der Waals surface area contributed by atoms with Gasteiger partial charge in [-0.05, 0) is 12.1 Å². The van der Waals surface area contributed by atoms with Crippen LogP contribution in [0.25, 0.3) is 0 Å². The quantitative estimate of drug-likeness (QED) is 0.843. The van der Waals surface area contributed by atoms with E-state index < -0.39 is 0 Å². The SMILES string of the molecule is COc1cccc(NCc2ncnn2C)c1. The fraction of sp³-hybridized carbons (Fsp3) is 0.273. The van der Waals surface area contributed by atoms with Crippen LogP contribution < -0.4 is 10.1 Å². The first kappa shape index (κ1) is 10.5. The average molecular weight is 218 g/mol. The smallest absolute Gasteiger partial charge is 0.145 e. The molecular weight excluding hydrogens is 204 g/mol. The highest BCUT2D eigenvalue weighted by Gasteiger charge is 2.00. The molecule has 1 heterocycles. The summed E-state index contributed by atoms with van der Waals surface area (Å²) in [5, 5.41) is 7.26. The van der Waals surface area contributed by atoms with Gasteiger partial charge in [0.25, 0.3) is 0 Å². The van der Waals surface area contributed by atoms with Crippen molar-refractivity contribution in [3.63, 3.8) is 0 Å². The van der Waals surface area contributed by atoms with Crippen molar-refractivity contribution in [2.75, 3.05) is 12.4 Å². The lowest BCUT2D eigenvalue weighted by Crippen LogP contribution is -2.06. The summed E-state index contributed by atoms with van der Waals surface area (Å²) in [7, 11) is 3.53. The van der Waals surface area contributed by atoms with E-state index in [2.05, 4.69) is 15.4 Å². The number of aryl methyl sites for hydroxylation is 1. The van der Waals surface area contributed by atoms with E-state index in [1.165, 1.54) is 0 Å². The molecule has 0 aliphatic carbocycles. The highest BCUT2D eigenvalue weighted by molar-refractivity contribution is 5.48. The van der Waals surface area contributed by atoms with Crippen molar-refractivity contribution in [2.24, 2.45) is 7.05 Å². The highest BCUT2D eigenvalue weighted by Crippen LogP contribution is 2.16. The zero-order chi connectivity index (χ0) is 11.4. The molecule has 0 atom stereocenters. The Bertz CT molecular complexity index is 467. The van der Waals surface area contributed by atoms with Crippen molar-refractivity contribution < 1.29 is 4.74 Å². The normalized spacial score (nSPS) is 10.1. The molecule has 0 radical (unpaired) electrons. The molecule has 1 aromatic heterocycles. The fourth-order valence-corrected chi connectivity index (χ4v) is 1.39. The molecule has 2 rings (SSSR count). The number of methoxy groups -OCH3 is 1. The van der Waals surface area contributed by atoms with E-state index >= 15 is 0 Å². The number of hydrogen-bond acceptors (Lipinski definition) is 4. The number of ether oxygens (including phenoxy) is 1. The van der Waals surface area contributed by atoms with Crippen LogP contribution >= 0.6 is 0 Å². The van der Waals surface area contributed by atoms with Gasteiger partial charge in [-0.25, -0.2) is 4.98 Å². The van der Waals surface area contributed by atoms with Crippen LogP contribution in [0.4, 0.5) is 5.69 Å². The number of nitrogens with zero attached hydrogens (tertiary/aromatic N) is 3. The van der Waals surface area contributed by atoms with E-state index in [1.54, 1.807) is 18.1 Å². The molecular formula is C11H14N4O. The predicted octanol–water partition coefficient (Wildman–Crippen LogP) is 1.44. The number of rotatable bonds is 4. The summed E-state index contributed by atoms with van der Waals surface area (Å²) >= 11 is 0. The van der Waals surface area contributed by atoms with Crippen LogP contribution in [-0.4, -0.2) is 21.9 Å². The van der Waals surface area contributed by atoms with Gasteiger partial charge in [0.05, 0.1) is 13.7 Å². The van der Waals surface area contributed by atoms with Crippen LogP contribution in [0, 0.1) is 0 Å². The molecule has 2 aromatic rings. The molecule has 0 spiro atoms. The van der Waals surface area contributed by atoms with Gasteiger partial charge in [-0.15, -0.1) is 0 Å². The number of hydrogen-bond donors (Lipinski definition) is 1. The zero-order valence-corrected chi connectivity index (χ0v) is 9.34. The van der Waals surface area contributed by atoms with Crippen molar-refractivity contribution in [3.05, 3.63) is 36.4 Å². The summed E-state index contributed by atoms with van der Waals surface area (Å²) in [5.74, 6) is 1.73. The average Bonchev–Trinajstić information content (AvgIpc) is 2.72. The van der Waals surface area contributed by atoms with E-state index in [0.29, 0.717) is 6.54 Å². The van der Waals surface area contributed by atoms with Crippen molar-refractivity contribution in [3.8, 4) is 5.75 Å². The summed E-state index contributed by atoms with van der Waals surface area (Å²) in [5.41, 5.74) is 1.00. The van der Waals surface area contributed by atoms with Gasteiger partial charge in [0.15, 0.2) is 0 Å². The van der Waals surface area contributed by atoms with Gasteiger partial charge in [-0.3, -0.25) is 4.68 Å². The Kier molecular flexibility index (Phi) is 3.05. The van der Waals surface area contributed by atoms with E-state index in [9.17, 15) is 0 Å². The van der Waals surface area contributed by atoms with Gasteiger partial charge >= 0.3 is 0 Å². The maximum Gasteiger partial charge on any atom is 0.145 e. The molecule has 0 aliphatic heterocycles. The summed E-state index contributed by atoms with van der Waals surface area (Å²) < 4.78 is 6.89. The van der Waals surface area contributed by atoms with Crippen LogP contribution in [0.5, 0.6) is 5.75 Å². The lowest BCUT2D eigenvalue weighted by Gasteiger charge is -2.07. The molecule has 84 valence electrons. The van der Waals surface area contributed by atoms with E-state index in [0.717, 1.165) is 17.3 Å². The Hall–Kier alpha value is -2.04. The van der Waals surface area contributed by atoms with E-state index in [1.807, 2.05) is 31.3 Å². The van der Waals surface area contributed by atoms with Gasteiger partial charge in [0.2, 0.25) is 0 Å². The Morgan fingerprint density at radius 1 is 1.44 bits per heavy atom. The first-order chi connectivity index (χ1) is 7.79. The minimum Gasteiger partial charge on any atom is -0.497 e. The van der Waals surface area contributed by atoms with Crippen molar-refractivity contribution >= 4 is 5.69 Å². The van der Waals surface area contributed by atoms with Crippen LogP contribution in [0.3, 0.4) is 0 Å². The summed E-state index contributed by atoms with van der Waals surface area (Å²) in [6, 6.07) is 7.78. The molecule has 0 bridgehead atoms. The highest BCUT2D eigenvalue weighted by atomic mass is 16.5. The summed E-state index contributed by atoms with van der Waals surface area (Å²) in [4.78, 5) is 4.13. The Labute approximate surface area is 94.1 Å². The zero-order valence-electron chi connectivity index (χ0n) is 9.34. The second kappa shape index (κ2) is 4.65.